The summed E-state index contributed by atoms with van der Waals surface area (Å²) in [5.74, 6) is 2.41. The van der Waals surface area contributed by atoms with Gasteiger partial charge >= 0.3 is 5.97 Å². The Bertz CT molecular complexity index is 986. The van der Waals surface area contributed by atoms with Crippen LogP contribution in [0.2, 0.25) is 0 Å². The van der Waals surface area contributed by atoms with E-state index in [1.807, 2.05) is 42.6 Å². The molecule has 0 bridgehead atoms. The fourth-order valence-electron chi connectivity index (χ4n) is 2.75. The van der Waals surface area contributed by atoms with Crippen LogP contribution in [0.4, 0.5) is 0 Å². The van der Waals surface area contributed by atoms with Crippen LogP contribution in [0.15, 0.2) is 47.8 Å². The molecule has 0 saturated carbocycles. The van der Waals surface area contributed by atoms with Gasteiger partial charge in [0.1, 0.15) is 23.1 Å². The average molecular weight is 444 g/mol. The fourth-order valence-corrected chi connectivity index (χ4v) is 3.55. The van der Waals surface area contributed by atoms with E-state index in [0.717, 1.165) is 16.3 Å². The topological polar surface area (TPSA) is 76.1 Å². The predicted molar refractivity (Wildman–Crippen MR) is 118 cm³/mol. The van der Waals surface area contributed by atoms with Gasteiger partial charge in [0, 0.05) is 10.9 Å². The first-order chi connectivity index (χ1) is 15.1. The van der Waals surface area contributed by atoms with E-state index in [4.69, 9.17) is 23.7 Å². The van der Waals surface area contributed by atoms with Gasteiger partial charge < -0.3 is 23.7 Å². The molecule has 0 fully saturated rings. The van der Waals surface area contributed by atoms with E-state index in [-0.39, 0.29) is 25.6 Å². The molecule has 0 radical (unpaired) electrons. The number of ether oxygens (including phenoxy) is 5. The third-order valence-electron chi connectivity index (χ3n) is 4.27. The number of thiazole rings is 1. The number of methoxy groups -OCH3 is 2. The fraction of sp³-hybridized carbons (Fsp3) is 0.304. The van der Waals surface area contributed by atoms with Crippen LogP contribution in [0.1, 0.15) is 19.0 Å². The Morgan fingerprint density at radius 3 is 2.35 bits per heavy atom. The van der Waals surface area contributed by atoms with Crippen LogP contribution in [-0.4, -0.2) is 38.4 Å². The second kappa shape index (κ2) is 11.2. The molecule has 0 aliphatic heterocycles. The summed E-state index contributed by atoms with van der Waals surface area (Å²) in [7, 11) is 3.19. The summed E-state index contributed by atoms with van der Waals surface area (Å²) in [5.41, 5.74) is 1.60. The lowest BCUT2D eigenvalue weighted by atomic mass is 10.2. The zero-order valence-corrected chi connectivity index (χ0v) is 18.6. The van der Waals surface area contributed by atoms with Crippen LogP contribution >= 0.6 is 11.3 Å². The molecule has 7 nitrogen and oxygen atoms in total. The molecule has 3 rings (SSSR count). The molecule has 0 unspecified atom stereocenters. The number of carbonyl (C=O) groups excluding carboxylic acids is 1. The Morgan fingerprint density at radius 1 is 0.968 bits per heavy atom. The smallest absolute Gasteiger partial charge is 0.309 e. The largest absolute Gasteiger partial charge is 0.494 e. The molecule has 0 atom stereocenters. The molecule has 1 aromatic heterocycles. The number of rotatable bonds is 11. The number of benzene rings is 2. The summed E-state index contributed by atoms with van der Waals surface area (Å²) >= 11 is 1.47. The van der Waals surface area contributed by atoms with Crippen LogP contribution in [0.3, 0.4) is 0 Å². The molecular weight excluding hydrogens is 418 g/mol. The molecule has 0 spiro atoms. The lowest BCUT2D eigenvalue weighted by molar-refractivity contribution is -0.145. The summed E-state index contributed by atoms with van der Waals surface area (Å²) in [6.07, 6.45) is 0.153. The monoisotopic (exact) mass is 443 g/mol. The molecule has 2 aromatic carbocycles. The Labute approximate surface area is 185 Å². The SMILES string of the molecule is CCOc1ccc(OCCC(=O)OCc2csc(-c3ccc(OC)c(OC)c3)n2)cc1. The number of aromatic nitrogens is 1. The lowest BCUT2D eigenvalue weighted by Gasteiger charge is -2.08. The predicted octanol–water partition coefficient (Wildman–Crippen LogP) is 4.74. The second-order valence-corrected chi connectivity index (χ2v) is 7.24. The standard InChI is InChI=1S/C23H25NO6S/c1-4-28-18-6-8-19(9-7-18)29-12-11-22(25)30-14-17-15-31-23(24-17)16-5-10-20(26-2)21(13-16)27-3/h5-10,13,15H,4,11-12,14H2,1-3H3. The van der Waals surface area contributed by atoms with Crippen molar-refractivity contribution in [1.82, 2.24) is 4.98 Å². The first kappa shape index (κ1) is 22.4. The third kappa shape index (κ3) is 6.36. The highest BCUT2D eigenvalue weighted by molar-refractivity contribution is 7.13. The minimum absolute atomic E-state index is 0.117. The van der Waals surface area contributed by atoms with Crippen molar-refractivity contribution in [2.75, 3.05) is 27.4 Å². The van der Waals surface area contributed by atoms with Crippen molar-refractivity contribution < 1.29 is 28.5 Å². The number of esters is 1. The Balaban J connectivity index is 1.45. The van der Waals surface area contributed by atoms with Crippen molar-refractivity contribution in [2.45, 2.75) is 20.0 Å². The van der Waals surface area contributed by atoms with Crippen molar-refractivity contribution >= 4 is 17.3 Å². The second-order valence-electron chi connectivity index (χ2n) is 6.38. The molecule has 3 aromatic rings. The molecule has 8 heteroatoms. The van der Waals surface area contributed by atoms with E-state index in [1.54, 1.807) is 26.4 Å². The zero-order valence-electron chi connectivity index (χ0n) is 17.8. The molecular formula is C23H25NO6S. The van der Waals surface area contributed by atoms with E-state index in [1.165, 1.54) is 11.3 Å². The average Bonchev–Trinajstić information content (AvgIpc) is 3.27. The van der Waals surface area contributed by atoms with Gasteiger partial charge in [0.25, 0.3) is 0 Å². The number of hydrogen-bond donors (Lipinski definition) is 0. The minimum atomic E-state index is -0.341. The van der Waals surface area contributed by atoms with Crippen LogP contribution in [0.5, 0.6) is 23.0 Å². The van der Waals surface area contributed by atoms with Gasteiger partial charge in [-0.25, -0.2) is 4.98 Å². The number of carbonyl (C=O) groups is 1. The minimum Gasteiger partial charge on any atom is -0.494 e. The van der Waals surface area contributed by atoms with Gasteiger partial charge in [-0.3, -0.25) is 4.79 Å². The van der Waals surface area contributed by atoms with Crippen molar-refractivity contribution in [3.05, 3.63) is 53.5 Å². The summed E-state index contributed by atoms with van der Waals surface area (Å²) in [6.45, 7) is 2.89. The van der Waals surface area contributed by atoms with Crippen LogP contribution in [0.25, 0.3) is 10.6 Å². The van der Waals surface area contributed by atoms with Crippen molar-refractivity contribution in [2.24, 2.45) is 0 Å². The zero-order chi connectivity index (χ0) is 22.1. The lowest BCUT2D eigenvalue weighted by Crippen LogP contribution is -2.10. The van der Waals surface area contributed by atoms with E-state index >= 15 is 0 Å². The van der Waals surface area contributed by atoms with Gasteiger partial charge in [-0.15, -0.1) is 11.3 Å². The summed E-state index contributed by atoms with van der Waals surface area (Å²) in [5, 5.41) is 2.68. The highest BCUT2D eigenvalue weighted by Gasteiger charge is 2.11. The highest BCUT2D eigenvalue weighted by Crippen LogP contribution is 2.33. The molecule has 0 amide bonds. The van der Waals surface area contributed by atoms with E-state index in [9.17, 15) is 4.79 Å². The number of hydrogen-bond acceptors (Lipinski definition) is 8. The molecule has 0 aliphatic rings. The van der Waals surface area contributed by atoms with Crippen molar-refractivity contribution in [3.8, 4) is 33.6 Å². The summed E-state index contributed by atoms with van der Waals surface area (Å²) in [6, 6.07) is 12.9. The van der Waals surface area contributed by atoms with Gasteiger partial charge in [0.15, 0.2) is 11.5 Å². The van der Waals surface area contributed by atoms with E-state index in [0.29, 0.717) is 29.5 Å². The molecule has 1 heterocycles. The quantitative estimate of drug-likeness (QED) is 0.396. The van der Waals surface area contributed by atoms with Gasteiger partial charge in [-0.1, -0.05) is 0 Å². The first-order valence-electron chi connectivity index (χ1n) is 9.81. The summed E-state index contributed by atoms with van der Waals surface area (Å²) in [4.78, 5) is 16.5. The third-order valence-corrected chi connectivity index (χ3v) is 5.21. The Morgan fingerprint density at radius 2 is 1.68 bits per heavy atom. The van der Waals surface area contributed by atoms with Crippen LogP contribution in [-0.2, 0) is 16.1 Å². The highest BCUT2D eigenvalue weighted by atomic mass is 32.1. The van der Waals surface area contributed by atoms with Gasteiger partial charge in [-0.05, 0) is 49.4 Å². The molecule has 164 valence electrons. The maximum atomic E-state index is 12.0. The Kier molecular flexibility index (Phi) is 8.12. The van der Waals surface area contributed by atoms with E-state index < -0.39 is 0 Å². The molecule has 31 heavy (non-hydrogen) atoms. The summed E-state index contributed by atoms with van der Waals surface area (Å²) < 4.78 is 26.9. The van der Waals surface area contributed by atoms with Crippen LogP contribution < -0.4 is 18.9 Å². The van der Waals surface area contributed by atoms with Crippen molar-refractivity contribution in [1.29, 1.82) is 0 Å². The van der Waals surface area contributed by atoms with Gasteiger partial charge in [0.05, 0.1) is 39.5 Å². The maximum Gasteiger partial charge on any atom is 0.309 e. The first-order valence-corrected chi connectivity index (χ1v) is 10.7. The van der Waals surface area contributed by atoms with Gasteiger partial charge in [0.2, 0.25) is 0 Å². The molecule has 0 N–H and O–H groups in total. The van der Waals surface area contributed by atoms with Crippen molar-refractivity contribution in [3.63, 3.8) is 0 Å². The Hall–Kier alpha value is -3.26. The molecule has 0 saturated heterocycles. The van der Waals surface area contributed by atoms with E-state index in [2.05, 4.69) is 4.98 Å². The maximum absolute atomic E-state index is 12.0. The van der Waals surface area contributed by atoms with Gasteiger partial charge in [-0.2, -0.15) is 0 Å². The van der Waals surface area contributed by atoms with Crippen LogP contribution in [0, 0.1) is 0 Å². The normalized spacial score (nSPS) is 10.4. The molecule has 0 aliphatic carbocycles. The number of nitrogens with zero attached hydrogens (tertiary/aromatic N) is 1.